The van der Waals surface area contributed by atoms with Crippen molar-refractivity contribution in [1.82, 2.24) is 15.2 Å². The van der Waals surface area contributed by atoms with Gasteiger partial charge in [0.15, 0.2) is 0 Å². The van der Waals surface area contributed by atoms with Crippen molar-refractivity contribution in [3.8, 4) is 5.75 Å². The van der Waals surface area contributed by atoms with E-state index in [4.69, 9.17) is 4.74 Å². The van der Waals surface area contributed by atoms with Crippen molar-refractivity contribution in [2.24, 2.45) is 11.8 Å². The molecule has 0 radical (unpaired) electrons. The summed E-state index contributed by atoms with van der Waals surface area (Å²) in [5, 5.41) is 3.07. The first-order valence-corrected chi connectivity index (χ1v) is 10.5. The lowest BCUT2D eigenvalue weighted by molar-refractivity contribution is 0.0951. The molecular formula is C23H30Cl2N4O2. The molecule has 0 unspecified atom stereocenters. The van der Waals surface area contributed by atoms with Gasteiger partial charge in [0.05, 0.1) is 7.11 Å². The number of methoxy groups -OCH3 is 1. The first kappa shape index (κ1) is 23.6. The van der Waals surface area contributed by atoms with Gasteiger partial charge >= 0.3 is 0 Å². The molecule has 3 atom stereocenters. The van der Waals surface area contributed by atoms with E-state index >= 15 is 0 Å². The third-order valence-electron chi connectivity index (χ3n) is 6.60. The molecule has 1 N–H and O–H groups in total. The van der Waals surface area contributed by atoms with Gasteiger partial charge in [-0.2, -0.15) is 0 Å². The van der Waals surface area contributed by atoms with Crippen LogP contribution in [0.4, 0.5) is 5.82 Å². The van der Waals surface area contributed by atoms with Gasteiger partial charge in [0.25, 0.3) is 5.91 Å². The van der Waals surface area contributed by atoms with Crippen LogP contribution < -0.4 is 15.0 Å². The zero-order valence-electron chi connectivity index (χ0n) is 17.9. The van der Waals surface area contributed by atoms with Gasteiger partial charge in [-0.15, -0.1) is 24.8 Å². The fourth-order valence-corrected chi connectivity index (χ4v) is 4.98. The fourth-order valence-electron chi connectivity index (χ4n) is 4.98. The molecule has 2 saturated heterocycles. The summed E-state index contributed by atoms with van der Waals surface area (Å²) in [6.07, 6.45) is 3.96. The number of carbonyl (C=O) groups excluding carboxylic acids is 1. The van der Waals surface area contributed by atoms with Crippen LogP contribution in [0.25, 0.3) is 0 Å². The molecule has 168 valence electrons. The number of carbonyl (C=O) groups is 1. The molecule has 1 aliphatic carbocycles. The predicted octanol–water partition coefficient (Wildman–Crippen LogP) is 3.57. The Morgan fingerprint density at radius 1 is 1.10 bits per heavy atom. The topological polar surface area (TPSA) is 57.7 Å². The highest BCUT2D eigenvalue weighted by Gasteiger charge is 2.46. The second-order valence-electron chi connectivity index (χ2n) is 8.64. The van der Waals surface area contributed by atoms with E-state index in [1.54, 1.807) is 13.3 Å². The SMILES string of the molecule is COc1ccc([C@@H]2[C@@H]3CN(c4cc(C(=O)NC5CC5)ccn4)C[C@@H]3CN2C)cc1.Cl.Cl. The standard InChI is InChI=1S/C23H28N4O2.2ClH/c1-26-12-17-13-27(14-20(17)22(26)15-3-7-19(29-2)8-4-15)21-11-16(9-10-24-21)23(28)25-18-5-6-18;;/h3-4,7-11,17-18,20,22H,5-6,12-14H2,1-2H3,(H,25,28);2*1H/t17-,20+,22+;;/m0../s1. The maximum absolute atomic E-state index is 12.4. The number of hydrogen-bond acceptors (Lipinski definition) is 5. The van der Waals surface area contributed by atoms with Crippen LogP contribution >= 0.6 is 24.8 Å². The summed E-state index contributed by atoms with van der Waals surface area (Å²) in [6, 6.07) is 13.0. The van der Waals surface area contributed by atoms with E-state index in [0.29, 0.717) is 29.5 Å². The molecule has 5 rings (SSSR count). The highest BCUT2D eigenvalue weighted by atomic mass is 35.5. The van der Waals surface area contributed by atoms with Crippen molar-refractivity contribution in [2.75, 3.05) is 38.7 Å². The minimum Gasteiger partial charge on any atom is -0.497 e. The van der Waals surface area contributed by atoms with Crippen molar-refractivity contribution >= 4 is 36.5 Å². The molecule has 0 spiro atoms. The average Bonchev–Trinajstić information content (AvgIpc) is 3.38. The Morgan fingerprint density at radius 2 is 1.84 bits per heavy atom. The van der Waals surface area contributed by atoms with E-state index < -0.39 is 0 Å². The highest BCUT2D eigenvalue weighted by Crippen LogP contribution is 2.45. The van der Waals surface area contributed by atoms with Crippen LogP contribution in [0.1, 0.15) is 34.8 Å². The average molecular weight is 465 g/mol. The van der Waals surface area contributed by atoms with Gasteiger partial charge in [-0.3, -0.25) is 9.69 Å². The smallest absolute Gasteiger partial charge is 0.251 e. The lowest BCUT2D eigenvalue weighted by Crippen LogP contribution is -2.30. The Kier molecular flexibility index (Phi) is 7.35. The molecule has 1 saturated carbocycles. The molecule has 0 bridgehead atoms. The second-order valence-corrected chi connectivity index (χ2v) is 8.64. The maximum Gasteiger partial charge on any atom is 0.251 e. The summed E-state index contributed by atoms with van der Waals surface area (Å²) in [5.41, 5.74) is 2.05. The van der Waals surface area contributed by atoms with Crippen LogP contribution in [0.5, 0.6) is 5.75 Å². The summed E-state index contributed by atoms with van der Waals surface area (Å²) >= 11 is 0. The molecule has 3 heterocycles. The lowest BCUT2D eigenvalue weighted by atomic mass is 9.89. The van der Waals surface area contributed by atoms with Gasteiger partial charge in [-0.25, -0.2) is 4.98 Å². The molecule has 1 aromatic carbocycles. The number of nitrogens with one attached hydrogen (secondary N) is 1. The Bertz CT molecular complexity index is 907. The zero-order chi connectivity index (χ0) is 20.0. The van der Waals surface area contributed by atoms with Crippen LogP contribution in [0.15, 0.2) is 42.6 Å². The number of ether oxygens (including phenoxy) is 1. The van der Waals surface area contributed by atoms with Crippen molar-refractivity contribution in [1.29, 1.82) is 0 Å². The van der Waals surface area contributed by atoms with Crippen molar-refractivity contribution in [3.05, 3.63) is 53.7 Å². The summed E-state index contributed by atoms with van der Waals surface area (Å²) in [6.45, 7) is 3.04. The molecule has 1 amide bonds. The van der Waals surface area contributed by atoms with Gasteiger partial charge in [0.2, 0.25) is 0 Å². The number of nitrogens with zero attached hydrogens (tertiary/aromatic N) is 3. The van der Waals surface area contributed by atoms with E-state index in [1.165, 1.54) is 5.56 Å². The summed E-state index contributed by atoms with van der Waals surface area (Å²) in [7, 11) is 3.92. The first-order valence-electron chi connectivity index (χ1n) is 10.5. The van der Waals surface area contributed by atoms with Gasteiger partial charge in [-0.05, 0) is 55.6 Å². The second kappa shape index (κ2) is 9.63. The van der Waals surface area contributed by atoms with E-state index in [-0.39, 0.29) is 30.7 Å². The Labute approximate surface area is 196 Å². The minimum atomic E-state index is 0. The zero-order valence-corrected chi connectivity index (χ0v) is 19.5. The van der Waals surface area contributed by atoms with Gasteiger partial charge in [-0.1, -0.05) is 12.1 Å². The summed E-state index contributed by atoms with van der Waals surface area (Å²) in [5.74, 6) is 2.99. The van der Waals surface area contributed by atoms with Gasteiger partial charge in [0.1, 0.15) is 11.6 Å². The molecule has 1 aromatic heterocycles. The number of amides is 1. The number of pyridine rings is 1. The largest absolute Gasteiger partial charge is 0.497 e. The minimum absolute atomic E-state index is 0. The molecule has 3 fully saturated rings. The lowest BCUT2D eigenvalue weighted by Gasteiger charge is -2.27. The van der Waals surface area contributed by atoms with Crippen molar-refractivity contribution < 1.29 is 9.53 Å². The van der Waals surface area contributed by atoms with E-state index in [0.717, 1.165) is 44.0 Å². The van der Waals surface area contributed by atoms with Crippen molar-refractivity contribution in [3.63, 3.8) is 0 Å². The number of likely N-dealkylation sites (tertiary alicyclic amines) is 1. The van der Waals surface area contributed by atoms with Crippen LogP contribution in [0, 0.1) is 11.8 Å². The van der Waals surface area contributed by atoms with Gasteiger partial charge in [0, 0.05) is 49.4 Å². The highest BCUT2D eigenvalue weighted by molar-refractivity contribution is 5.95. The number of aromatic nitrogens is 1. The van der Waals surface area contributed by atoms with Gasteiger partial charge < -0.3 is 15.0 Å². The molecular weight excluding hydrogens is 435 g/mol. The summed E-state index contributed by atoms with van der Waals surface area (Å²) < 4.78 is 5.32. The number of benzene rings is 1. The third-order valence-corrected chi connectivity index (χ3v) is 6.60. The molecule has 3 aliphatic rings. The maximum atomic E-state index is 12.4. The first-order chi connectivity index (χ1) is 14.1. The molecule has 31 heavy (non-hydrogen) atoms. The number of fused-ring (bicyclic) bond motifs is 1. The van der Waals surface area contributed by atoms with E-state index in [2.05, 4.69) is 39.3 Å². The van der Waals surface area contributed by atoms with E-state index in [9.17, 15) is 4.79 Å². The van der Waals surface area contributed by atoms with Crippen LogP contribution in [-0.4, -0.2) is 55.6 Å². The van der Waals surface area contributed by atoms with Crippen LogP contribution in [0.2, 0.25) is 0 Å². The normalized spacial score (nSPS) is 24.7. The quantitative estimate of drug-likeness (QED) is 0.732. The Balaban J connectivity index is 0.00000136. The van der Waals surface area contributed by atoms with Crippen LogP contribution in [-0.2, 0) is 0 Å². The molecule has 6 nitrogen and oxygen atoms in total. The Morgan fingerprint density at radius 3 is 2.52 bits per heavy atom. The number of rotatable bonds is 5. The summed E-state index contributed by atoms with van der Waals surface area (Å²) in [4.78, 5) is 21.8. The number of hydrogen-bond donors (Lipinski definition) is 1. The fraction of sp³-hybridized carbons (Fsp3) is 0.478. The Hall–Kier alpha value is -2.02. The molecule has 2 aliphatic heterocycles. The predicted molar refractivity (Wildman–Crippen MR) is 127 cm³/mol. The molecule has 2 aromatic rings. The van der Waals surface area contributed by atoms with Crippen molar-refractivity contribution in [2.45, 2.75) is 24.9 Å². The number of anilines is 1. The molecule has 8 heteroatoms. The third kappa shape index (κ3) is 4.76. The number of halogens is 2. The van der Waals surface area contributed by atoms with Crippen LogP contribution in [0.3, 0.4) is 0 Å². The monoisotopic (exact) mass is 464 g/mol. The van der Waals surface area contributed by atoms with E-state index in [1.807, 2.05) is 24.3 Å².